The maximum atomic E-state index is 13.4. The standard InChI is InChI=1S/C21H17ClN4O3/c22-15-12-17-14(11-18(15)26(28)29)20-19(16-9-5-2-6-10-24(16)17)21(27)25(23-20)13-7-3-1-4-8-13/h1,3-4,7-8,11-12H,2,5-6,9-10H2. The topological polar surface area (TPSA) is 83.0 Å². The minimum absolute atomic E-state index is 0.0886. The highest BCUT2D eigenvalue weighted by Gasteiger charge is 2.29. The first-order valence-electron chi connectivity index (χ1n) is 9.54. The number of nitro benzene ring substituents is 1. The average Bonchev–Trinajstić information content (AvgIpc) is 2.89. The van der Waals surface area contributed by atoms with Gasteiger partial charge >= 0.3 is 0 Å². The summed E-state index contributed by atoms with van der Waals surface area (Å²) in [6, 6.07) is 12.3. The van der Waals surface area contributed by atoms with Crippen molar-refractivity contribution in [3.05, 3.63) is 73.6 Å². The van der Waals surface area contributed by atoms with Gasteiger partial charge in [0.1, 0.15) is 10.7 Å². The van der Waals surface area contributed by atoms with E-state index in [0.717, 1.165) is 43.4 Å². The normalized spacial score (nSPS) is 14.1. The molecule has 0 saturated heterocycles. The van der Waals surface area contributed by atoms with Crippen molar-refractivity contribution in [1.29, 1.82) is 0 Å². The number of hydrogen-bond acceptors (Lipinski definition) is 4. The molecule has 2 aromatic rings. The Morgan fingerprint density at radius 2 is 1.90 bits per heavy atom. The summed E-state index contributed by atoms with van der Waals surface area (Å²) < 4.78 is 3.48. The summed E-state index contributed by atoms with van der Waals surface area (Å²) in [7, 11) is 0. The van der Waals surface area contributed by atoms with E-state index in [1.807, 2.05) is 30.3 Å². The third-order valence-corrected chi connectivity index (χ3v) is 5.86. The summed E-state index contributed by atoms with van der Waals surface area (Å²) in [5.74, 6) is 0. The van der Waals surface area contributed by atoms with Gasteiger partial charge in [0.15, 0.2) is 0 Å². The number of aryl methyl sites for hydroxylation is 1. The minimum atomic E-state index is -0.504. The quantitative estimate of drug-likeness (QED) is 0.359. The summed E-state index contributed by atoms with van der Waals surface area (Å²) in [5.41, 5.74) is 3.02. The molecule has 2 aromatic carbocycles. The molecular weight excluding hydrogens is 392 g/mol. The molecule has 0 spiro atoms. The fourth-order valence-corrected chi connectivity index (χ4v) is 4.46. The number of benzene rings is 2. The van der Waals surface area contributed by atoms with Crippen LogP contribution in [0.1, 0.15) is 25.0 Å². The first-order valence-corrected chi connectivity index (χ1v) is 9.91. The van der Waals surface area contributed by atoms with Crippen molar-refractivity contribution < 1.29 is 4.92 Å². The number of nitrogens with zero attached hydrogens (tertiary/aromatic N) is 4. The van der Waals surface area contributed by atoms with Crippen LogP contribution in [-0.4, -0.2) is 19.3 Å². The van der Waals surface area contributed by atoms with Crippen LogP contribution in [0, 0.1) is 10.1 Å². The van der Waals surface area contributed by atoms with Gasteiger partial charge in [-0.3, -0.25) is 14.9 Å². The Kier molecular flexibility index (Phi) is 4.13. The molecule has 0 bridgehead atoms. The molecule has 146 valence electrons. The summed E-state index contributed by atoms with van der Waals surface area (Å²) >= 11 is 6.22. The molecule has 3 aliphatic rings. The van der Waals surface area contributed by atoms with Crippen LogP contribution in [-0.2, 0) is 13.0 Å². The van der Waals surface area contributed by atoms with E-state index in [9.17, 15) is 14.9 Å². The van der Waals surface area contributed by atoms with Gasteiger partial charge in [0, 0.05) is 23.7 Å². The molecule has 0 radical (unpaired) electrons. The zero-order chi connectivity index (χ0) is 20.1. The fourth-order valence-electron chi connectivity index (χ4n) is 4.23. The lowest BCUT2D eigenvalue weighted by Crippen LogP contribution is -2.18. The molecule has 0 fully saturated rings. The number of halogens is 1. The number of pyridine rings is 1. The number of aromatic nitrogens is 3. The maximum Gasteiger partial charge on any atom is 0.288 e. The van der Waals surface area contributed by atoms with E-state index in [-0.39, 0.29) is 16.3 Å². The zero-order valence-corrected chi connectivity index (χ0v) is 16.2. The lowest BCUT2D eigenvalue weighted by atomic mass is 10.0. The Morgan fingerprint density at radius 3 is 2.66 bits per heavy atom. The predicted molar refractivity (Wildman–Crippen MR) is 111 cm³/mol. The second-order valence-electron chi connectivity index (χ2n) is 7.26. The van der Waals surface area contributed by atoms with Gasteiger partial charge in [-0.15, -0.1) is 0 Å². The van der Waals surface area contributed by atoms with Crippen LogP contribution in [0.25, 0.3) is 27.8 Å². The van der Waals surface area contributed by atoms with Crippen LogP contribution in [0.2, 0.25) is 5.02 Å². The van der Waals surface area contributed by atoms with E-state index in [4.69, 9.17) is 11.6 Å². The minimum Gasteiger partial charge on any atom is -0.344 e. The van der Waals surface area contributed by atoms with Crippen molar-refractivity contribution in [3.63, 3.8) is 0 Å². The SMILES string of the molecule is O=c1c2c3n(c4cc(Cl)c([N+](=O)[O-])cc4c-2nn1-c1ccccc1)CCCCC3. The van der Waals surface area contributed by atoms with Crippen LogP contribution in [0.5, 0.6) is 0 Å². The Labute approximate surface area is 170 Å². The van der Waals surface area contributed by atoms with Gasteiger partial charge in [-0.25, -0.2) is 0 Å². The van der Waals surface area contributed by atoms with Crippen molar-refractivity contribution in [1.82, 2.24) is 14.3 Å². The summed E-state index contributed by atoms with van der Waals surface area (Å²) in [6.45, 7) is 0.742. The molecule has 29 heavy (non-hydrogen) atoms. The van der Waals surface area contributed by atoms with Crippen molar-refractivity contribution in [3.8, 4) is 16.9 Å². The van der Waals surface area contributed by atoms with Crippen LogP contribution in [0.4, 0.5) is 5.69 Å². The van der Waals surface area contributed by atoms with Crippen LogP contribution in [0.15, 0.2) is 47.3 Å². The monoisotopic (exact) mass is 408 g/mol. The summed E-state index contributed by atoms with van der Waals surface area (Å²) in [4.78, 5) is 24.3. The Morgan fingerprint density at radius 1 is 1.10 bits per heavy atom. The molecule has 0 unspecified atom stereocenters. The van der Waals surface area contributed by atoms with E-state index in [0.29, 0.717) is 22.3 Å². The first-order chi connectivity index (χ1) is 14.1. The van der Waals surface area contributed by atoms with E-state index in [1.165, 1.54) is 10.7 Å². The van der Waals surface area contributed by atoms with Crippen molar-refractivity contribution in [2.75, 3.05) is 0 Å². The van der Waals surface area contributed by atoms with Crippen LogP contribution < -0.4 is 5.56 Å². The van der Waals surface area contributed by atoms with E-state index in [1.54, 1.807) is 6.07 Å². The molecule has 0 N–H and O–H groups in total. The zero-order valence-electron chi connectivity index (χ0n) is 15.5. The third kappa shape index (κ3) is 2.73. The van der Waals surface area contributed by atoms with Crippen molar-refractivity contribution in [2.24, 2.45) is 0 Å². The van der Waals surface area contributed by atoms with Crippen LogP contribution in [0.3, 0.4) is 0 Å². The number of nitro groups is 1. The Bertz CT molecular complexity index is 1290. The van der Waals surface area contributed by atoms with Gasteiger partial charge in [-0.05, 0) is 37.5 Å². The lowest BCUT2D eigenvalue weighted by Gasteiger charge is -2.18. The molecule has 0 saturated carbocycles. The summed E-state index contributed by atoms with van der Waals surface area (Å²) in [5, 5.41) is 16.7. The number of fused-ring (bicyclic) bond motifs is 6. The largest absolute Gasteiger partial charge is 0.344 e. The molecule has 0 atom stereocenters. The molecule has 0 amide bonds. The average molecular weight is 409 g/mol. The Balaban J connectivity index is 1.95. The highest BCUT2D eigenvalue weighted by molar-refractivity contribution is 6.33. The number of rotatable bonds is 2. The smallest absolute Gasteiger partial charge is 0.288 e. The van der Waals surface area contributed by atoms with Crippen LogP contribution >= 0.6 is 11.6 Å². The fraction of sp³-hybridized carbons (Fsp3) is 0.238. The molecule has 0 aromatic heterocycles. The first kappa shape index (κ1) is 17.9. The number of hydrogen-bond donors (Lipinski definition) is 0. The highest BCUT2D eigenvalue weighted by atomic mass is 35.5. The molecule has 5 rings (SSSR count). The van der Waals surface area contributed by atoms with Crippen molar-refractivity contribution in [2.45, 2.75) is 32.2 Å². The second kappa shape index (κ2) is 6.70. The van der Waals surface area contributed by atoms with E-state index >= 15 is 0 Å². The van der Waals surface area contributed by atoms with Gasteiger partial charge in [-0.2, -0.15) is 9.78 Å². The molecule has 3 heterocycles. The molecule has 0 aliphatic carbocycles. The Hall–Kier alpha value is -3.19. The predicted octanol–water partition coefficient (Wildman–Crippen LogP) is 4.58. The number of para-hydroxylation sites is 1. The third-order valence-electron chi connectivity index (χ3n) is 5.56. The highest BCUT2D eigenvalue weighted by Crippen LogP contribution is 2.38. The van der Waals surface area contributed by atoms with E-state index in [2.05, 4.69) is 9.67 Å². The maximum absolute atomic E-state index is 13.4. The van der Waals surface area contributed by atoms with Gasteiger partial charge in [-0.1, -0.05) is 36.2 Å². The van der Waals surface area contributed by atoms with E-state index < -0.39 is 4.92 Å². The molecule has 8 heteroatoms. The van der Waals surface area contributed by atoms with Gasteiger partial charge in [0.25, 0.3) is 11.2 Å². The molecule has 3 aliphatic heterocycles. The van der Waals surface area contributed by atoms with Crippen molar-refractivity contribution >= 4 is 28.2 Å². The van der Waals surface area contributed by atoms with Gasteiger partial charge < -0.3 is 4.57 Å². The van der Waals surface area contributed by atoms with Gasteiger partial charge in [0.2, 0.25) is 0 Å². The molecular formula is C21H17ClN4O3. The molecule has 7 nitrogen and oxygen atoms in total. The second-order valence-corrected chi connectivity index (χ2v) is 7.67. The lowest BCUT2D eigenvalue weighted by molar-refractivity contribution is -0.384. The van der Waals surface area contributed by atoms with Gasteiger partial charge in [0.05, 0.1) is 21.7 Å². The summed E-state index contributed by atoms with van der Waals surface area (Å²) in [6.07, 6.45) is 3.79.